The van der Waals surface area contributed by atoms with E-state index in [9.17, 15) is 18.3 Å². The van der Waals surface area contributed by atoms with Gasteiger partial charge in [0.15, 0.2) is 0 Å². The average molecular weight is 739 g/mol. The number of carbonyl (C=O) groups is 1. The van der Waals surface area contributed by atoms with Crippen LogP contribution in [-0.2, 0) is 21.5 Å². The van der Waals surface area contributed by atoms with Gasteiger partial charge in [0.2, 0.25) is 11.8 Å². The Morgan fingerprint density at radius 1 is 1.12 bits per heavy atom. The smallest absolute Gasteiger partial charge is 0.344 e. The standard InChI is InChI=1S/C36H46N8O5S.ClH/c1-23-10-8-11-24(2)32(23)29-15-31(41-34(40-29)43-50(47,48)42-26-13-9-12-25(14-26)33(45)46)49-20-27(16-35(3,4)5)37-19-30-38-17-28(18-39-30)44-21-36(6,7)22-44;/h8-13,15,17-18,27,37H,14,16,19-22H2,1-7H3,(H,45,46)(H,40,41,43);1H/t27-;/m1./s1. The molecule has 1 aliphatic heterocycles. The summed E-state index contributed by atoms with van der Waals surface area (Å²) in [5.74, 6) is -0.521. The zero-order valence-corrected chi connectivity index (χ0v) is 31.7. The van der Waals surface area contributed by atoms with Crippen molar-refractivity contribution in [2.24, 2.45) is 15.2 Å². The molecular weight excluding hydrogens is 692 g/mol. The molecule has 5 rings (SSSR count). The summed E-state index contributed by atoms with van der Waals surface area (Å²) in [6.45, 7) is 17.5. The maximum absolute atomic E-state index is 13.1. The lowest BCUT2D eigenvalue weighted by Crippen LogP contribution is -2.53. The van der Waals surface area contributed by atoms with E-state index in [-0.39, 0.29) is 60.0 Å². The number of anilines is 2. The number of hydrogen-bond donors (Lipinski definition) is 3. The highest BCUT2D eigenvalue weighted by molar-refractivity contribution is 7.91. The Morgan fingerprint density at radius 3 is 2.39 bits per heavy atom. The summed E-state index contributed by atoms with van der Waals surface area (Å²) >= 11 is 0. The lowest BCUT2D eigenvalue weighted by Gasteiger charge is -2.47. The molecular formula is C36H47ClN8O5S. The lowest BCUT2D eigenvalue weighted by atomic mass is 9.84. The second-order valence-electron chi connectivity index (χ2n) is 14.9. The van der Waals surface area contributed by atoms with Gasteiger partial charge in [0.05, 0.1) is 36.0 Å². The fourth-order valence-electron chi connectivity index (χ4n) is 6.10. The van der Waals surface area contributed by atoms with Gasteiger partial charge >= 0.3 is 16.2 Å². The number of nitrogens with one attached hydrogen (secondary N) is 2. The minimum atomic E-state index is -4.37. The normalized spacial score (nSPS) is 16.9. The van der Waals surface area contributed by atoms with Crippen LogP contribution in [0.5, 0.6) is 5.88 Å². The second-order valence-corrected chi connectivity index (χ2v) is 16.2. The molecule has 0 radical (unpaired) electrons. The summed E-state index contributed by atoms with van der Waals surface area (Å²) in [6.07, 6.45) is 8.65. The Hall–Kier alpha value is -4.40. The zero-order chi connectivity index (χ0) is 36.3. The molecule has 51 heavy (non-hydrogen) atoms. The van der Waals surface area contributed by atoms with Crippen molar-refractivity contribution in [2.75, 3.05) is 29.3 Å². The lowest BCUT2D eigenvalue weighted by molar-refractivity contribution is -0.132. The van der Waals surface area contributed by atoms with Crippen molar-refractivity contribution in [3.05, 3.63) is 77.4 Å². The monoisotopic (exact) mass is 738 g/mol. The Balaban J connectivity index is 0.00000583. The van der Waals surface area contributed by atoms with Crippen LogP contribution in [0.4, 0.5) is 11.6 Å². The van der Waals surface area contributed by atoms with E-state index >= 15 is 0 Å². The fourth-order valence-corrected chi connectivity index (χ4v) is 6.91. The van der Waals surface area contributed by atoms with Crippen LogP contribution < -0.4 is 19.7 Å². The molecule has 0 amide bonds. The first-order valence-corrected chi connectivity index (χ1v) is 18.0. The molecule has 1 aliphatic carbocycles. The third kappa shape index (κ3) is 11.0. The second kappa shape index (κ2) is 15.9. The number of ether oxygens (including phenoxy) is 1. The van der Waals surface area contributed by atoms with E-state index < -0.39 is 16.2 Å². The Bertz CT molecular complexity index is 1910. The first-order valence-electron chi connectivity index (χ1n) is 16.6. The number of halogens is 1. The van der Waals surface area contributed by atoms with Crippen LogP contribution in [0.25, 0.3) is 11.3 Å². The van der Waals surface area contributed by atoms with E-state index in [1.165, 1.54) is 18.2 Å². The van der Waals surface area contributed by atoms with Gasteiger partial charge in [-0.05, 0) is 48.3 Å². The van der Waals surface area contributed by atoms with Crippen molar-refractivity contribution in [1.29, 1.82) is 0 Å². The predicted molar refractivity (Wildman–Crippen MR) is 202 cm³/mol. The number of rotatable bonds is 13. The van der Waals surface area contributed by atoms with Gasteiger partial charge in [0, 0.05) is 42.8 Å². The maximum atomic E-state index is 13.1. The number of aryl methyl sites for hydroxylation is 2. The van der Waals surface area contributed by atoms with Crippen LogP contribution in [0.2, 0.25) is 0 Å². The number of carboxylic acid groups (broad SMARTS) is 1. The zero-order valence-electron chi connectivity index (χ0n) is 30.1. The number of benzene rings is 1. The quantitative estimate of drug-likeness (QED) is 0.192. The molecule has 13 nitrogen and oxygen atoms in total. The Kier molecular flexibility index (Phi) is 12.3. The first-order chi connectivity index (χ1) is 23.5. The molecule has 1 aromatic carbocycles. The summed E-state index contributed by atoms with van der Waals surface area (Å²) in [5.41, 5.74) is 4.58. The van der Waals surface area contributed by atoms with Crippen LogP contribution in [0, 0.1) is 24.7 Å². The SMILES string of the molecule is Cc1cccc(C)c1-c1cc(OC[C@@H](CC(C)(C)C)NCc2ncc(N3CC(C)(C)C3)cn2)nc(NS(=O)(=O)N=C2C=CC=C(C(=O)O)C2)n1.Cl. The maximum Gasteiger partial charge on any atom is 0.344 e. The van der Waals surface area contributed by atoms with Crippen molar-refractivity contribution < 1.29 is 23.1 Å². The van der Waals surface area contributed by atoms with Crippen molar-refractivity contribution in [2.45, 2.75) is 73.9 Å². The number of aliphatic carboxylic acids is 1. The molecule has 3 N–H and O–H groups in total. The molecule has 0 bridgehead atoms. The summed E-state index contributed by atoms with van der Waals surface area (Å²) in [6, 6.07) is 7.42. The highest BCUT2D eigenvalue weighted by atomic mass is 35.5. The summed E-state index contributed by atoms with van der Waals surface area (Å²) in [7, 11) is -4.37. The summed E-state index contributed by atoms with van der Waals surface area (Å²) < 4.78 is 38.7. The van der Waals surface area contributed by atoms with Gasteiger partial charge in [-0.3, -0.25) is 0 Å². The van der Waals surface area contributed by atoms with E-state index in [1.54, 1.807) is 6.07 Å². The minimum absolute atomic E-state index is 0. The molecule has 274 valence electrons. The van der Waals surface area contributed by atoms with Crippen LogP contribution in [-0.4, -0.2) is 70.9 Å². The molecule has 3 heterocycles. The third-order valence-electron chi connectivity index (χ3n) is 8.26. The van der Waals surface area contributed by atoms with Crippen LogP contribution in [0.3, 0.4) is 0 Å². The van der Waals surface area contributed by atoms with E-state index in [0.29, 0.717) is 23.5 Å². The molecule has 1 saturated heterocycles. The van der Waals surface area contributed by atoms with Crippen LogP contribution >= 0.6 is 12.4 Å². The van der Waals surface area contributed by atoms with E-state index in [1.807, 2.05) is 44.4 Å². The fraction of sp³-hybridized carbons (Fsp3) is 0.444. The molecule has 0 saturated carbocycles. The van der Waals surface area contributed by atoms with Gasteiger partial charge in [-0.25, -0.2) is 24.5 Å². The van der Waals surface area contributed by atoms with Crippen molar-refractivity contribution >= 4 is 45.9 Å². The molecule has 0 unspecified atom stereocenters. The number of aromatic nitrogens is 4. The molecule has 0 spiro atoms. The molecule has 2 aromatic heterocycles. The Labute approximate surface area is 306 Å². The molecule has 15 heteroatoms. The highest BCUT2D eigenvalue weighted by Gasteiger charge is 2.34. The molecule has 1 fully saturated rings. The molecule has 1 atom stereocenters. The van der Waals surface area contributed by atoms with E-state index in [4.69, 9.17) is 4.74 Å². The topological polar surface area (TPSA) is 172 Å². The number of nitrogens with zero attached hydrogens (tertiary/aromatic N) is 6. The van der Waals surface area contributed by atoms with Crippen LogP contribution in [0.1, 0.15) is 64.4 Å². The first kappa shape index (κ1) is 39.4. The molecule has 2 aliphatic rings. The largest absolute Gasteiger partial charge is 0.478 e. The van der Waals surface area contributed by atoms with Crippen molar-refractivity contribution in [3.8, 4) is 17.1 Å². The summed E-state index contributed by atoms with van der Waals surface area (Å²) in [4.78, 5) is 31.8. The Morgan fingerprint density at radius 2 is 1.78 bits per heavy atom. The van der Waals surface area contributed by atoms with Gasteiger partial charge in [-0.1, -0.05) is 65.0 Å². The van der Waals surface area contributed by atoms with E-state index in [0.717, 1.165) is 41.9 Å². The predicted octanol–water partition coefficient (Wildman–Crippen LogP) is 5.86. The number of allylic oxidation sites excluding steroid dienone is 3. The minimum Gasteiger partial charge on any atom is -0.478 e. The summed E-state index contributed by atoms with van der Waals surface area (Å²) in [5, 5.41) is 12.9. The van der Waals surface area contributed by atoms with Gasteiger partial charge in [-0.2, -0.15) is 13.4 Å². The number of hydrogen-bond acceptors (Lipinski definition) is 10. The van der Waals surface area contributed by atoms with Gasteiger partial charge in [0.1, 0.15) is 12.4 Å². The third-order valence-corrected chi connectivity index (χ3v) is 9.18. The van der Waals surface area contributed by atoms with Crippen molar-refractivity contribution in [3.63, 3.8) is 0 Å². The molecule has 3 aromatic rings. The number of carboxylic acids is 1. The van der Waals surface area contributed by atoms with Crippen molar-refractivity contribution in [1.82, 2.24) is 25.3 Å². The van der Waals surface area contributed by atoms with Gasteiger partial charge < -0.3 is 20.1 Å². The average Bonchev–Trinajstić information content (AvgIpc) is 3.00. The van der Waals surface area contributed by atoms with Gasteiger partial charge in [-0.15, -0.1) is 16.8 Å². The highest BCUT2D eigenvalue weighted by Crippen LogP contribution is 2.33. The van der Waals surface area contributed by atoms with Crippen LogP contribution in [0.15, 0.2) is 64.9 Å². The van der Waals surface area contributed by atoms with E-state index in [2.05, 4.69) is 73.9 Å². The van der Waals surface area contributed by atoms with Gasteiger partial charge in [0.25, 0.3) is 0 Å².